The Balaban J connectivity index is 1.66. The van der Waals surface area contributed by atoms with Crippen molar-refractivity contribution in [2.75, 3.05) is 11.8 Å². The molecule has 1 fully saturated rings. The number of hydrogen-bond acceptors (Lipinski definition) is 7. The van der Waals surface area contributed by atoms with Gasteiger partial charge in [0.2, 0.25) is 0 Å². The Bertz CT molecular complexity index is 1570. The van der Waals surface area contributed by atoms with Crippen LogP contribution in [0.1, 0.15) is 34.7 Å². The zero-order valence-electron chi connectivity index (χ0n) is 19.5. The average Bonchev–Trinajstić information content (AvgIpc) is 3.64. The number of carbonyl (C=O) groups excluding carboxylic acids is 1. The molecular formula is C25H22ClN5O4S. The maximum atomic E-state index is 13.8. The molecule has 1 saturated carbocycles. The molecule has 1 aliphatic rings. The van der Waals surface area contributed by atoms with Crippen LogP contribution in [-0.4, -0.2) is 41.2 Å². The van der Waals surface area contributed by atoms with Crippen molar-refractivity contribution in [1.29, 1.82) is 0 Å². The number of methoxy groups -OCH3 is 1. The summed E-state index contributed by atoms with van der Waals surface area (Å²) in [5.41, 5.74) is 2.61. The molecule has 2 aromatic carbocycles. The van der Waals surface area contributed by atoms with Crippen molar-refractivity contribution in [3.8, 4) is 22.6 Å². The topological polar surface area (TPSA) is 116 Å². The molecule has 0 saturated heterocycles. The second-order valence-electron chi connectivity index (χ2n) is 8.42. The molecule has 0 atom stereocenters. The van der Waals surface area contributed by atoms with Crippen LogP contribution in [0.4, 0.5) is 5.69 Å². The second kappa shape index (κ2) is 9.36. The van der Waals surface area contributed by atoms with Crippen LogP contribution in [0.2, 0.25) is 5.02 Å². The third-order valence-electron chi connectivity index (χ3n) is 5.99. The predicted molar refractivity (Wildman–Crippen MR) is 135 cm³/mol. The van der Waals surface area contributed by atoms with Crippen molar-refractivity contribution < 1.29 is 17.9 Å². The summed E-state index contributed by atoms with van der Waals surface area (Å²) in [6.07, 6.45) is 4.78. The summed E-state index contributed by atoms with van der Waals surface area (Å²) in [7, 11) is -1.15. The van der Waals surface area contributed by atoms with E-state index >= 15 is 0 Å². The van der Waals surface area contributed by atoms with Gasteiger partial charge >= 0.3 is 5.97 Å². The number of esters is 1. The maximum Gasteiger partial charge on any atom is 0.337 e. The number of nitrogens with zero attached hydrogens (tertiary/aromatic N) is 4. The summed E-state index contributed by atoms with van der Waals surface area (Å²) in [5, 5.41) is 4.45. The first-order valence-electron chi connectivity index (χ1n) is 11.1. The minimum Gasteiger partial charge on any atom is -0.465 e. The lowest BCUT2D eigenvalue weighted by molar-refractivity contribution is 0.0600. The van der Waals surface area contributed by atoms with E-state index in [2.05, 4.69) is 19.8 Å². The van der Waals surface area contributed by atoms with Gasteiger partial charge in [0.05, 0.1) is 34.0 Å². The molecule has 0 spiro atoms. The molecule has 4 aromatic rings. The molecule has 11 heteroatoms. The largest absolute Gasteiger partial charge is 0.465 e. The van der Waals surface area contributed by atoms with Crippen LogP contribution in [0.5, 0.6) is 0 Å². The Morgan fingerprint density at radius 2 is 1.92 bits per heavy atom. The Kier molecular flexibility index (Phi) is 6.23. The predicted octanol–water partition coefficient (Wildman–Crippen LogP) is 4.66. The van der Waals surface area contributed by atoms with E-state index in [1.807, 2.05) is 0 Å². The van der Waals surface area contributed by atoms with Crippen LogP contribution in [0, 0.1) is 0 Å². The molecule has 0 radical (unpaired) electrons. The van der Waals surface area contributed by atoms with E-state index in [0.717, 1.165) is 12.8 Å². The number of hydrogen-bond donors (Lipinski definition) is 1. The first-order valence-corrected chi connectivity index (χ1v) is 13.0. The normalized spacial score (nSPS) is 13.4. The van der Waals surface area contributed by atoms with Crippen LogP contribution in [0.15, 0.2) is 66.0 Å². The van der Waals surface area contributed by atoms with Crippen molar-refractivity contribution in [2.24, 2.45) is 7.05 Å². The molecule has 2 aromatic heterocycles. The summed E-state index contributed by atoms with van der Waals surface area (Å²) < 4.78 is 36.7. The van der Waals surface area contributed by atoms with E-state index < -0.39 is 16.0 Å². The molecule has 1 N–H and O–H groups in total. The number of anilines is 1. The van der Waals surface area contributed by atoms with Gasteiger partial charge in [-0.25, -0.2) is 22.9 Å². The van der Waals surface area contributed by atoms with Gasteiger partial charge in [0.25, 0.3) is 10.0 Å². The smallest absolute Gasteiger partial charge is 0.337 e. The highest BCUT2D eigenvalue weighted by atomic mass is 35.5. The van der Waals surface area contributed by atoms with Crippen molar-refractivity contribution in [1.82, 2.24) is 19.7 Å². The molecule has 1 aliphatic carbocycles. The lowest BCUT2D eigenvalue weighted by atomic mass is 10.1. The lowest BCUT2D eigenvalue weighted by Gasteiger charge is -2.17. The molecule has 0 bridgehead atoms. The number of ether oxygens (including phenoxy) is 1. The fraction of sp³-hybridized carbons (Fsp3) is 0.200. The highest BCUT2D eigenvalue weighted by Gasteiger charge is 2.32. The summed E-state index contributed by atoms with van der Waals surface area (Å²) in [6, 6.07) is 13.2. The molecular weight excluding hydrogens is 502 g/mol. The minimum absolute atomic E-state index is 0.0371. The summed E-state index contributed by atoms with van der Waals surface area (Å²) in [5.74, 6) is -0.0173. The van der Waals surface area contributed by atoms with Gasteiger partial charge in [0.1, 0.15) is 6.33 Å². The van der Waals surface area contributed by atoms with Crippen LogP contribution in [0.25, 0.3) is 22.6 Å². The third kappa shape index (κ3) is 4.57. The van der Waals surface area contributed by atoms with E-state index in [0.29, 0.717) is 33.2 Å². The Labute approximate surface area is 213 Å². The van der Waals surface area contributed by atoms with Gasteiger partial charge in [0.15, 0.2) is 5.82 Å². The van der Waals surface area contributed by atoms with Crippen molar-refractivity contribution in [3.05, 3.63) is 77.2 Å². The van der Waals surface area contributed by atoms with Gasteiger partial charge < -0.3 is 4.74 Å². The van der Waals surface area contributed by atoms with Gasteiger partial charge in [-0.2, -0.15) is 5.10 Å². The SMILES string of the molecule is COC(=O)c1ccc(C2CC2)c(S(=O)(=O)Nc2cc(-c3ncnn3C)c(Cl)cc2-c2ccccn2)c1. The van der Waals surface area contributed by atoms with Crippen molar-refractivity contribution in [2.45, 2.75) is 23.7 Å². The number of carbonyl (C=O) groups is 1. The number of benzene rings is 2. The number of sulfonamides is 1. The first kappa shape index (κ1) is 24.0. The summed E-state index contributed by atoms with van der Waals surface area (Å²) in [6.45, 7) is 0. The molecule has 9 nitrogen and oxygen atoms in total. The monoisotopic (exact) mass is 523 g/mol. The first-order chi connectivity index (χ1) is 17.3. The molecule has 184 valence electrons. The van der Waals surface area contributed by atoms with E-state index in [1.54, 1.807) is 60.4 Å². The van der Waals surface area contributed by atoms with E-state index in [9.17, 15) is 13.2 Å². The van der Waals surface area contributed by atoms with Crippen LogP contribution in [0.3, 0.4) is 0 Å². The second-order valence-corrected chi connectivity index (χ2v) is 10.5. The van der Waals surface area contributed by atoms with Crippen molar-refractivity contribution in [3.63, 3.8) is 0 Å². The van der Waals surface area contributed by atoms with E-state index in [4.69, 9.17) is 16.3 Å². The molecule has 0 amide bonds. The van der Waals surface area contributed by atoms with E-state index in [-0.39, 0.29) is 22.1 Å². The lowest BCUT2D eigenvalue weighted by Crippen LogP contribution is -2.17. The Hall–Kier alpha value is -3.76. The maximum absolute atomic E-state index is 13.8. The number of nitrogens with one attached hydrogen (secondary N) is 1. The molecule has 5 rings (SSSR count). The van der Waals surface area contributed by atoms with Gasteiger partial charge in [-0.1, -0.05) is 23.7 Å². The van der Waals surface area contributed by atoms with Crippen LogP contribution >= 0.6 is 11.6 Å². The zero-order chi connectivity index (χ0) is 25.4. The zero-order valence-corrected chi connectivity index (χ0v) is 21.0. The van der Waals surface area contributed by atoms with Gasteiger partial charge in [0, 0.05) is 24.4 Å². The Morgan fingerprint density at radius 3 is 2.56 bits per heavy atom. The fourth-order valence-corrected chi connectivity index (χ4v) is 5.69. The number of pyridine rings is 1. The summed E-state index contributed by atoms with van der Waals surface area (Å²) in [4.78, 5) is 20.8. The minimum atomic E-state index is -4.12. The van der Waals surface area contributed by atoms with E-state index in [1.165, 1.54) is 19.5 Å². The van der Waals surface area contributed by atoms with Crippen LogP contribution in [-0.2, 0) is 21.8 Å². The highest BCUT2D eigenvalue weighted by molar-refractivity contribution is 7.92. The molecule has 0 aliphatic heterocycles. The third-order valence-corrected chi connectivity index (χ3v) is 7.72. The molecule has 0 unspecified atom stereocenters. The van der Waals surface area contributed by atoms with Crippen molar-refractivity contribution >= 4 is 33.3 Å². The fourth-order valence-electron chi connectivity index (χ4n) is 4.05. The van der Waals surface area contributed by atoms with Crippen LogP contribution < -0.4 is 4.72 Å². The quantitative estimate of drug-likeness (QED) is 0.350. The highest BCUT2D eigenvalue weighted by Crippen LogP contribution is 2.44. The average molecular weight is 524 g/mol. The van der Waals surface area contributed by atoms with Gasteiger partial charge in [-0.15, -0.1) is 0 Å². The Morgan fingerprint density at radius 1 is 1.11 bits per heavy atom. The standard InChI is InChI=1S/C25H22ClN5O4S/c1-31-24(28-14-29-31)18-13-22(19(12-20(18)26)21-5-3-4-10-27-21)30-36(33,34)23-11-16(25(32)35-2)8-9-17(23)15-6-7-15/h3-5,8-15,30H,6-7H2,1-2H3. The summed E-state index contributed by atoms with van der Waals surface area (Å²) >= 11 is 6.61. The molecule has 2 heterocycles. The number of aromatic nitrogens is 4. The number of rotatable bonds is 7. The molecule has 36 heavy (non-hydrogen) atoms. The number of halogens is 1. The van der Waals surface area contributed by atoms with Gasteiger partial charge in [-0.3, -0.25) is 9.71 Å². The number of aryl methyl sites for hydroxylation is 1. The van der Waals surface area contributed by atoms with Gasteiger partial charge in [-0.05, 0) is 60.7 Å².